The molecule has 45 heavy (non-hydrogen) atoms. The van der Waals surface area contributed by atoms with Gasteiger partial charge in [0, 0.05) is 26.7 Å². The molecule has 2 heteroatoms. The van der Waals surface area contributed by atoms with Gasteiger partial charge in [0.05, 0.1) is 15.8 Å². The first-order chi connectivity index (χ1) is 22.3. The third kappa shape index (κ3) is 3.93. The molecule has 8 aromatic rings. The van der Waals surface area contributed by atoms with Gasteiger partial charge in [0.15, 0.2) is 0 Å². The fourth-order valence-electron chi connectivity index (χ4n) is 7.45. The second-order valence-corrected chi connectivity index (χ2v) is 12.8. The van der Waals surface area contributed by atoms with E-state index in [9.17, 15) is 0 Å². The van der Waals surface area contributed by atoms with Gasteiger partial charge in [-0.1, -0.05) is 146 Å². The molecular formula is C43H29NS. The van der Waals surface area contributed by atoms with E-state index >= 15 is 0 Å². The topological polar surface area (TPSA) is 12.0 Å². The van der Waals surface area contributed by atoms with Crippen molar-refractivity contribution in [3.8, 4) is 22.3 Å². The largest absolute Gasteiger partial charge is 0.354 e. The van der Waals surface area contributed by atoms with Crippen LogP contribution in [0.1, 0.15) is 22.3 Å². The summed E-state index contributed by atoms with van der Waals surface area (Å²) in [5.74, 6) is 0. The van der Waals surface area contributed by atoms with Crippen LogP contribution in [0.2, 0.25) is 0 Å². The van der Waals surface area contributed by atoms with Gasteiger partial charge in [-0.05, 0) is 63.2 Å². The summed E-state index contributed by atoms with van der Waals surface area (Å²) in [6, 6.07) is 61.9. The number of rotatable bonds is 5. The van der Waals surface area contributed by atoms with Gasteiger partial charge in [0.1, 0.15) is 0 Å². The number of hydrogen-bond donors (Lipinski definition) is 1. The predicted molar refractivity (Wildman–Crippen MR) is 192 cm³/mol. The number of hydrogen-bond acceptors (Lipinski definition) is 2. The van der Waals surface area contributed by atoms with Crippen LogP contribution in [-0.4, -0.2) is 0 Å². The maximum absolute atomic E-state index is 3.95. The molecule has 1 N–H and O–H groups in total. The third-order valence-electron chi connectivity index (χ3n) is 9.36. The van der Waals surface area contributed by atoms with Crippen molar-refractivity contribution in [2.75, 3.05) is 5.32 Å². The van der Waals surface area contributed by atoms with Gasteiger partial charge in [-0.25, -0.2) is 0 Å². The second-order valence-electron chi connectivity index (χ2n) is 11.7. The van der Waals surface area contributed by atoms with Gasteiger partial charge < -0.3 is 5.32 Å². The number of fused-ring (bicyclic) bond motifs is 6. The maximum Gasteiger partial charge on any atom is 0.0714 e. The Balaban J connectivity index is 1.24. The van der Waals surface area contributed by atoms with E-state index in [1.54, 1.807) is 0 Å². The molecule has 212 valence electrons. The fourth-order valence-corrected chi connectivity index (χ4v) is 8.60. The molecule has 1 nitrogen and oxygen atoms in total. The van der Waals surface area contributed by atoms with Crippen molar-refractivity contribution >= 4 is 42.9 Å². The van der Waals surface area contributed by atoms with Crippen LogP contribution in [0, 0.1) is 0 Å². The molecule has 0 spiro atoms. The first-order valence-electron chi connectivity index (χ1n) is 15.4. The Morgan fingerprint density at radius 2 is 1.07 bits per heavy atom. The lowest BCUT2D eigenvalue weighted by Crippen LogP contribution is -2.28. The summed E-state index contributed by atoms with van der Waals surface area (Å²) in [5.41, 5.74) is 12.1. The van der Waals surface area contributed by atoms with Crippen molar-refractivity contribution in [3.63, 3.8) is 0 Å². The minimum Gasteiger partial charge on any atom is -0.354 e. The molecule has 0 unspecified atom stereocenters. The van der Waals surface area contributed by atoms with Crippen molar-refractivity contribution in [2.45, 2.75) is 5.41 Å². The molecule has 1 aromatic heterocycles. The number of nitrogens with one attached hydrogen (secondary N) is 1. The van der Waals surface area contributed by atoms with Crippen LogP contribution in [0.15, 0.2) is 170 Å². The second kappa shape index (κ2) is 10.3. The predicted octanol–water partition coefficient (Wildman–Crippen LogP) is 11.8. The number of benzene rings is 7. The van der Waals surface area contributed by atoms with Gasteiger partial charge in [-0.15, -0.1) is 11.3 Å². The first-order valence-corrected chi connectivity index (χ1v) is 16.3. The molecule has 0 aliphatic heterocycles. The average molecular weight is 592 g/mol. The fraction of sp³-hybridized carbons (Fsp3) is 0.0233. The molecule has 9 rings (SSSR count). The summed E-state index contributed by atoms with van der Waals surface area (Å²) >= 11 is 1.86. The van der Waals surface area contributed by atoms with Crippen LogP contribution < -0.4 is 5.32 Å². The molecule has 0 saturated carbocycles. The Labute approximate surface area is 267 Å². The Morgan fingerprint density at radius 3 is 1.82 bits per heavy atom. The van der Waals surface area contributed by atoms with Crippen molar-refractivity contribution in [1.29, 1.82) is 0 Å². The first kappa shape index (κ1) is 26.0. The monoisotopic (exact) mass is 591 g/mol. The van der Waals surface area contributed by atoms with Gasteiger partial charge in [-0.3, -0.25) is 0 Å². The highest BCUT2D eigenvalue weighted by molar-refractivity contribution is 7.26. The normalized spacial score (nSPS) is 13.1. The van der Waals surface area contributed by atoms with E-state index in [0.717, 1.165) is 11.4 Å². The lowest BCUT2D eigenvalue weighted by atomic mass is 9.68. The van der Waals surface area contributed by atoms with Gasteiger partial charge >= 0.3 is 0 Å². The van der Waals surface area contributed by atoms with Gasteiger partial charge in [0.25, 0.3) is 0 Å². The Bertz CT molecular complexity index is 2300. The average Bonchev–Trinajstić information content (AvgIpc) is 3.64. The molecule has 0 atom stereocenters. The minimum atomic E-state index is -0.413. The van der Waals surface area contributed by atoms with E-state index in [0.29, 0.717) is 0 Å². The molecule has 0 amide bonds. The van der Waals surface area contributed by atoms with Crippen molar-refractivity contribution in [2.24, 2.45) is 0 Å². The standard InChI is InChI=1S/C43H29NS/c1-4-14-29(15-5-1)30-26-27-40-35(28-30)33-21-12-25-39(42(33)45-40)44-38-24-13-23-37-41(38)34-20-10-11-22-36(34)43(37,31-16-6-2-7-17-31)32-18-8-3-9-19-32/h1-28,44H. The highest BCUT2D eigenvalue weighted by atomic mass is 32.1. The van der Waals surface area contributed by atoms with Gasteiger partial charge in [0.2, 0.25) is 0 Å². The van der Waals surface area contributed by atoms with Crippen molar-refractivity contribution in [1.82, 2.24) is 0 Å². The summed E-state index contributed by atoms with van der Waals surface area (Å²) in [7, 11) is 0. The van der Waals surface area contributed by atoms with Crippen LogP contribution in [0.25, 0.3) is 42.4 Å². The van der Waals surface area contributed by atoms with Crippen LogP contribution >= 0.6 is 11.3 Å². The molecular weight excluding hydrogens is 563 g/mol. The lowest BCUT2D eigenvalue weighted by molar-refractivity contribution is 0.768. The van der Waals surface area contributed by atoms with Crippen molar-refractivity contribution in [3.05, 3.63) is 192 Å². The van der Waals surface area contributed by atoms with Crippen LogP contribution in [0.4, 0.5) is 11.4 Å². The molecule has 1 heterocycles. The molecule has 0 saturated heterocycles. The van der Waals surface area contributed by atoms with Gasteiger partial charge in [-0.2, -0.15) is 0 Å². The Hall–Kier alpha value is -5.44. The molecule has 1 aliphatic carbocycles. The quantitative estimate of drug-likeness (QED) is 0.210. The molecule has 0 bridgehead atoms. The van der Waals surface area contributed by atoms with Crippen LogP contribution in [-0.2, 0) is 5.41 Å². The summed E-state index contributed by atoms with van der Waals surface area (Å²) in [6.07, 6.45) is 0. The van der Waals surface area contributed by atoms with E-state index in [-0.39, 0.29) is 0 Å². The molecule has 0 radical (unpaired) electrons. The Kier molecular flexibility index (Phi) is 5.97. The molecule has 1 aliphatic rings. The number of thiophene rings is 1. The van der Waals surface area contributed by atoms with E-state index in [1.807, 2.05) is 11.3 Å². The SMILES string of the molecule is c1ccc(-c2ccc3sc4c(Nc5cccc6c5-c5ccccc5C6(c5ccccc5)c5ccccc5)cccc4c3c2)cc1. The zero-order valence-electron chi connectivity index (χ0n) is 24.6. The lowest BCUT2D eigenvalue weighted by Gasteiger charge is -2.33. The highest BCUT2D eigenvalue weighted by Crippen LogP contribution is 2.58. The van der Waals surface area contributed by atoms with Crippen LogP contribution in [0.3, 0.4) is 0 Å². The highest BCUT2D eigenvalue weighted by Gasteiger charge is 2.46. The van der Waals surface area contributed by atoms with E-state index < -0.39 is 5.41 Å². The maximum atomic E-state index is 3.95. The summed E-state index contributed by atoms with van der Waals surface area (Å²) < 4.78 is 2.58. The molecule has 7 aromatic carbocycles. The smallest absolute Gasteiger partial charge is 0.0714 e. The van der Waals surface area contributed by atoms with Crippen molar-refractivity contribution < 1.29 is 0 Å². The zero-order valence-corrected chi connectivity index (χ0v) is 25.4. The minimum absolute atomic E-state index is 0.413. The van der Waals surface area contributed by atoms with Crippen LogP contribution in [0.5, 0.6) is 0 Å². The summed E-state index contributed by atoms with van der Waals surface area (Å²) in [4.78, 5) is 0. The Morgan fingerprint density at radius 1 is 0.444 bits per heavy atom. The van der Waals surface area contributed by atoms with E-state index in [2.05, 4.69) is 175 Å². The van der Waals surface area contributed by atoms with E-state index in [4.69, 9.17) is 0 Å². The number of anilines is 2. The summed E-state index contributed by atoms with van der Waals surface area (Å²) in [6.45, 7) is 0. The third-order valence-corrected chi connectivity index (χ3v) is 10.6. The molecule has 0 fully saturated rings. The van der Waals surface area contributed by atoms with E-state index in [1.165, 1.54) is 64.7 Å². The summed E-state index contributed by atoms with van der Waals surface area (Å²) in [5, 5.41) is 6.53. The zero-order chi connectivity index (χ0) is 29.8.